The number of fused-ring (bicyclic) bond motifs is 1. The van der Waals surface area contributed by atoms with Gasteiger partial charge in [0, 0.05) is 6.07 Å². The molecule has 1 heterocycles. The fourth-order valence-corrected chi connectivity index (χ4v) is 1.64. The number of rotatable bonds is 2. The third-order valence-corrected chi connectivity index (χ3v) is 2.43. The first-order valence-electron chi connectivity index (χ1n) is 5.17. The summed E-state index contributed by atoms with van der Waals surface area (Å²) in [7, 11) is 0. The average molecular weight is 239 g/mol. The molecule has 0 fully saturated rings. The number of nitrogens with zero attached hydrogens (tertiary/aromatic N) is 1. The molecule has 1 aromatic carbocycles. The van der Waals surface area contributed by atoms with Gasteiger partial charge in [-0.2, -0.15) is 0 Å². The van der Waals surface area contributed by atoms with Crippen LogP contribution in [0.2, 0.25) is 0 Å². The van der Waals surface area contributed by atoms with Crippen LogP contribution in [0.3, 0.4) is 0 Å². The molecule has 0 aromatic heterocycles. The zero-order valence-electron chi connectivity index (χ0n) is 9.60. The van der Waals surface area contributed by atoms with E-state index in [1.807, 2.05) is 0 Å². The molecule has 92 valence electrons. The molecular formula is C11H13NO5. The van der Waals surface area contributed by atoms with Crippen LogP contribution < -0.4 is 9.47 Å². The summed E-state index contributed by atoms with van der Waals surface area (Å²) in [6.07, 6.45) is 0. The molecule has 6 nitrogen and oxygen atoms in total. The van der Waals surface area contributed by atoms with E-state index in [-0.39, 0.29) is 18.0 Å². The zero-order chi connectivity index (χ0) is 12.6. The quantitative estimate of drug-likeness (QED) is 0.626. The highest BCUT2D eigenvalue weighted by molar-refractivity contribution is 5.59. The summed E-state index contributed by atoms with van der Waals surface area (Å²) in [6, 6.07) is 2.85. The lowest BCUT2D eigenvalue weighted by Gasteiger charge is -2.32. The van der Waals surface area contributed by atoms with Crippen LogP contribution >= 0.6 is 0 Å². The molecule has 1 aliphatic heterocycles. The van der Waals surface area contributed by atoms with E-state index in [0.717, 1.165) is 0 Å². The Labute approximate surface area is 97.9 Å². The van der Waals surface area contributed by atoms with Crippen LogP contribution in [0.1, 0.15) is 19.4 Å². The van der Waals surface area contributed by atoms with Crippen LogP contribution in [0.15, 0.2) is 12.1 Å². The molecule has 0 spiro atoms. The monoisotopic (exact) mass is 239 g/mol. The lowest BCUT2D eigenvalue weighted by atomic mass is 10.1. The van der Waals surface area contributed by atoms with Crippen molar-refractivity contribution in [3.8, 4) is 11.5 Å². The average Bonchev–Trinajstić information content (AvgIpc) is 2.26. The minimum atomic E-state index is -0.599. The van der Waals surface area contributed by atoms with Crippen molar-refractivity contribution in [2.75, 3.05) is 6.61 Å². The Morgan fingerprint density at radius 1 is 1.53 bits per heavy atom. The molecule has 0 unspecified atom stereocenters. The van der Waals surface area contributed by atoms with E-state index in [0.29, 0.717) is 17.9 Å². The Balaban J connectivity index is 2.55. The molecule has 0 aliphatic carbocycles. The van der Waals surface area contributed by atoms with E-state index < -0.39 is 10.5 Å². The standard InChI is InChI=1S/C11H13NO5/c1-11(2)6-16-9-4-7(5-13)3-8(12(14)15)10(9)17-11/h3-4,13H,5-6H2,1-2H3. The molecule has 0 radical (unpaired) electrons. The third kappa shape index (κ3) is 2.16. The number of hydrogen-bond donors (Lipinski definition) is 1. The van der Waals surface area contributed by atoms with Gasteiger partial charge >= 0.3 is 5.69 Å². The fraction of sp³-hybridized carbons (Fsp3) is 0.455. The first-order chi connectivity index (χ1) is 7.93. The number of nitro groups is 1. The minimum Gasteiger partial charge on any atom is -0.485 e. The molecule has 0 bridgehead atoms. The van der Waals surface area contributed by atoms with Gasteiger partial charge in [-0.15, -0.1) is 0 Å². The predicted octanol–water partition coefficient (Wildman–Crippen LogP) is 1.64. The zero-order valence-corrected chi connectivity index (χ0v) is 9.60. The highest BCUT2D eigenvalue weighted by Gasteiger charge is 2.34. The summed E-state index contributed by atoms with van der Waals surface area (Å²) in [5.74, 6) is 0.436. The SMILES string of the molecule is CC1(C)COc2cc(CO)cc([N+](=O)[O-])c2O1. The van der Waals surface area contributed by atoms with E-state index in [4.69, 9.17) is 14.6 Å². The topological polar surface area (TPSA) is 81.8 Å². The number of aliphatic hydroxyl groups excluding tert-OH is 1. The van der Waals surface area contributed by atoms with Gasteiger partial charge < -0.3 is 14.6 Å². The van der Waals surface area contributed by atoms with E-state index in [9.17, 15) is 10.1 Å². The predicted molar refractivity (Wildman–Crippen MR) is 59.2 cm³/mol. The number of nitro benzene ring substituents is 1. The van der Waals surface area contributed by atoms with Crippen molar-refractivity contribution in [3.05, 3.63) is 27.8 Å². The molecule has 17 heavy (non-hydrogen) atoms. The van der Waals surface area contributed by atoms with E-state index >= 15 is 0 Å². The van der Waals surface area contributed by atoms with Gasteiger partial charge in [0.25, 0.3) is 0 Å². The fourth-order valence-electron chi connectivity index (χ4n) is 1.64. The summed E-state index contributed by atoms with van der Waals surface area (Å²) < 4.78 is 11.0. The van der Waals surface area contributed by atoms with Crippen molar-refractivity contribution in [1.82, 2.24) is 0 Å². The van der Waals surface area contributed by atoms with Gasteiger partial charge in [-0.3, -0.25) is 10.1 Å². The van der Waals surface area contributed by atoms with Gasteiger partial charge in [0.1, 0.15) is 12.2 Å². The molecule has 0 saturated carbocycles. The van der Waals surface area contributed by atoms with Gasteiger partial charge in [0.2, 0.25) is 5.75 Å². The van der Waals surface area contributed by atoms with Gasteiger partial charge in [0.05, 0.1) is 11.5 Å². The normalized spacial score (nSPS) is 16.6. The Morgan fingerprint density at radius 3 is 2.82 bits per heavy atom. The molecule has 1 aromatic rings. The van der Waals surface area contributed by atoms with Gasteiger partial charge in [0.15, 0.2) is 5.75 Å². The first-order valence-corrected chi connectivity index (χ1v) is 5.17. The summed E-state index contributed by atoms with van der Waals surface area (Å²) in [4.78, 5) is 10.4. The van der Waals surface area contributed by atoms with Crippen LogP contribution in [-0.4, -0.2) is 22.2 Å². The highest BCUT2D eigenvalue weighted by atomic mass is 16.6. The summed E-state index contributed by atoms with van der Waals surface area (Å²) in [6.45, 7) is 3.62. The Morgan fingerprint density at radius 2 is 2.24 bits per heavy atom. The number of aliphatic hydroxyl groups is 1. The summed E-state index contributed by atoms with van der Waals surface area (Å²) in [5, 5.41) is 20.0. The summed E-state index contributed by atoms with van der Waals surface area (Å²) in [5.41, 5.74) is -0.350. The Kier molecular flexibility index (Phi) is 2.66. The van der Waals surface area contributed by atoms with Crippen molar-refractivity contribution in [1.29, 1.82) is 0 Å². The molecule has 0 amide bonds. The maximum atomic E-state index is 10.9. The number of ether oxygens (including phenoxy) is 2. The van der Waals surface area contributed by atoms with Crippen molar-refractivity contribution >= 4 is 5.69 Å². The molecule has 1 aliphatic rings. The van der Waals surface area contributed by atoms with Crippen LogP contribution in [-0.2, 0) is 6.61 Å². The molecule has 1 N–H and O–H groups in total. The molecule has 0 atom stereocenters. The van der Waals surface area contributed by atoms with Crippen LogP contribution in [0, 0.1) is 10.1 Å². The molecular weight excluding hydrogens is 226 g/mol. The van der Waals surface area contributed by atoms with Gasteiger partial charge in [-0.05, 0) is 25.5 Å². The third-order valence-electron chi connectivity index (χ3n) is 2.43. The van der Waals surface area contributed by atoms with Gasteiger partial charge in [-0.25, -0.2) is 0 Å². The van der Waals surface area contributed by atoms with E-state index in [1.165, 1.54) is 6.07 Å². The maximum Gasteiger partial charge on any atom is 0.315 e. The molecule has 6 heteroatoms. The van der Waals surface area contributed by atoms with Gasteiger partial charge in [-0.1, -0.05) is 0 Å². The smallest absolute Gasteiger partial charge is 0.315 e. The Hall–Kier alpha value is -1.82. The highest BCUT2D eigenvalue weighted by Crippen LogP contribution is 2.43. The summed E-state index contributed by atoms with van der Waals surface area (Å²) >= 11 is 0. The lowest BCUT2D eigenvalue weighted by molar-refractivity contribution is -0.386. The maximum absolute atomic E-state index is 10.9. The minimum absolute atomic E-state index is 0.128. The van der Waals surface area contributed by atoms with Crippen LogP contribution in [0.4, 0.5) is 5.69 Å². The Bertz CT molecular complexity index is 469. The van der Waals surface area contributed by atoms with Crippen molar-refractivity contribution in [2.24, 2.45) is 0 Å². The lowest BCUT2D eigenvalue weighted by Crippen LogP contribution is -2.39. The number of benzene rings is 1. The van der Waals surface area contributed by atoms with Crippen molar-refractivity contribution in [2.45, 2.75) is 26.1 Å². The molecule has 2 rings (SSSR count). The second-order valence-electron chi connectivity index (χ2n) is 4.51. The second-order valence-corrected chi connectivity index (χ2v) is 4.51. The van der Waals surface area contributed by atoms with E-state index in [2.05, 4.69) is 0 Å². The second kappa shape index (κ2) is 3.89. The van der Waals surface area contributed by atoms with Crippen molar-refractivity contribution < 1.29 is 19.5 Å². The van der Waals surface area contributed by atoms with Crippen LogP contribution in [0.5, 0.6) is 11.5 Å². The largest absolute Gasteiger partial charge is 0.485 e. The van der Waals surface area contributed by atoms with E-state index in [1.54, 1.807) is 19.9 Å². The van der Waals surface area contributed by atoms with Crippen LogP contribution in [0.25, 0.3) is 0 Å². The molecule has 0 saturated heterocycles. The van der Waals surface area contributed by atoms with Crippen molar-refractivity contribution in [3.63, 3.8) is 0 Å². The number of hydrogen-bond acceptors (Lipinski definition) is 5. The first kappa shape index (κ1) is 11.7.